The summed E-state index contributed by atoms with van der Waals surface area (Å²) < 4.78 is 5.81. The molecule has 5 nitrogen and oxygen atoms in total. The van der Waals surface area contributed by atoms with E-state index in [1.54, 1.807) is 0 Å². The lowest BCUT2D eigenvalue weighted by Crippen LogP contribution is -2.58. The maximum absolute atomic E-state index is 12.8. The molecule has 0 bridgehead atoms. The Morgan fingerprint density at radius 2 is 1.65 bits per heavy atom. The first-order chi connectivity index (χ1) is 10.6. The second kappa shape index (κ2) is 9.00. The molecule has 23 heavy (non-hydrogen) atoms. The number of rotatable bonds is 7. The molecule has 4 atom stereocenters. The van der Waals surface area contributed by atoms with Crippen molar-refractivity contribution in [3.63, 3.8) is 0 Å². The first kappa shape index (κ1) is 20.4. The minimum absolute atomic E-state index is 0.0845. The van der Waals surface area contributed by atoms with E-state index in [1.165, 1.54) is 0 Å². The Bertz CT molecular complexity index is 353. The zero-order valence-electron chi connectivity index (χ0n) is 16.3. The van der Waals surface area contributed by atoms with Gasteiger partial charge in [0.05, 0.1) is 18.2 Å². The third-order valence-electron chi connectivity index (χ3n) is 4.66. The molecule has 1 heterocycles. The van der Waals surface area contributed by atoms with Gasteiger partial charge in [0.2, 0.25) is 5.91 Å². The lowest BCUT2D eigenvalue weighted by atomic mass is 9.98. The van der Waals surface area contributed by atoms with Crippen LogP contribution in [-0.2, 0) is 9.53 Å². The smallest absolute Gasteiger partial charge is 0.237 e. The molecule has 0 aromatic carbocycles. The van der Waals surface area contributed by atoms with E-state index in [1.807, 2.05) is 0 Å². The van der Waals surface area contributed by atoms with Crippen LogP contribution >= 0.6 is 0 Å². The average Bonchev–Trinajstić information content (AvgIpc) is 2.36. The van der Waals surface area contributed by atoms with Gasteiger partial charge in [0.25, 0.3) is 0 Å². The summed E-state index contributed by atoms with van der Waals surface area (Å²) in [6.07, 6.45) is 0.357. The number of carbonyl (C=O) groups is 1. The lowest BCUT2D eigenvalue weighted by molar-refractivity contribution is -0.135. The minimum atomic E-state index is -0.0845. The van der Waals surface area contributed by atoms with Crippen LogP contribution in [0.3, 0.4) is 0 Å². The summed E-state index contributed by atoms with van der Waals surface area (Å²) in [5, 5.41) is 3.19. The molecule has 136 valence electrons. The molecule has 5 heteroatoms. The number of likely N-dealkylation sites (N-methyl/N-ethyl adjacent to an activating group) is 1. The van der Waals surface area contributed by atoms with E-state index in [2.05, 4.69) is 70.8 Å². The quantitative estimate of drug-likeness (QED) is 0.775. The summed E-state index contributed by atoms with van der Waals surface area (Å²) in [4.78, 5) is 17.3. The Balaban J connectivity index is 2.71. The van der Waals surface area contributed by atoms with Gasteiger partial charge in [-0.3, -0.25) is 9.69 Å². The molecule has 0 radical (unpaired) electrons. The van der Waals surface area contributed by atoms with Gasteiger partial charge >= 0.3 is 0 Å². The standard InChI is InChI=1S/C18H37N3O2/c1-12(2)16(20(7)8)9-19-18(22)17(13(3)4)21-10-14(5)23-15(6)11-21/h12-17H,9-11H2,1-8H3,(H,19,22). The highest BCUT2D eigenvalue weighted by molar-refractivity contribution is 5.82. The van der Waals surface area contributed by atoms with Gasteiger partial charge in [-0.1, -0.05) is 27.7 Å². The molecule has 0 aliphatic carbocycles. The molecule has 0 spiro atoms. The highest BCUT2D eigenvalue weighted by Gasteiger charge is 2.34. The Labute approximate surface area is 142 Å². The molecule has 0 aromatic heterocycles. The topological polar surface area (TPSA) is 44.8 Å². The van der Waals surface area contributed by atoms with Crippen LogP contribution in [0.25, 0.3) is 0 Å². The molecule has 1 N–H and O–H groups in total. The molecular weight excluding hydrogens is 290 g/mol. The van der Waals surface area contributed by atoms with Gasteiger partial charge in [0.15, 0.2) is 0 Å². The van der Waals surface area contributed by atoms with Gasteiger partial charge in [-0.05, 0) is 39.8 Å². The molecule has 1 saturated heterocycles. The SMILES string of the molecule is CC1CN(C(C(=O)NCC(C(C)C)N(C)C)C(C)C)CC(C)O1. The summed E-state index contributed by atoms with van der Waals surface area (Å²) in [5.41, 5.74) is 0. The maximum Gasteiger partial charge on any atom is 0.237 e. The highest BCUT2D eigenvalue weighted by Crippen LogP contribution is 2.19. The molecule has 4 unspecified atom stereocenters. The van der Waals surface area contributed by atoms with Gasteiger partial charge in [-0.15, -0.1) is 0 Å². The average molecular weight is 328 g/mol. The van der Waals surface area contributed by atoms with Crippen molar-refractivity contribution in [2.45, 2.75) is 65.8 Å². The third kappa shape index (κ3) is 6.05. The number of ether oxygens (including phenoxy) is 1. The van der Waals surface area contributed by atoms with Crippen LogP contribution in [0.4, 0.5) is 0 Å². The van der Waals surface area contributed by atoms with E-state index in [-0.39, 0.29) is 30.1 Å². The summed E-state index contributed by atoms with van der Waals surface area (Å²) in [6, 6.07) is 0.271. The van der Waals surface area contributed by atoms with Crippen molar-refractivity contribution in [2.24, 2.45) is 11.8 Å². The van der Waals surface area contributed by atoms with Crippen molar-refractivity contribution in [1.82, 2.24) is 15.1 Å². The molecule has 1 amide bonds. The Morgan fingerprint density at radius 3 is 2.04 bits per heavy atom. The zero-order chi connectivity index (χ0) is 17.7. The molecule has 1 fully saturated rings. The molecule has 1 rings (SSSR count). The van der Waals surface area contributed by atoms with Crippen LogP contribution in [0.15, 0.2) is 0 Å². The van der Waals surface area contributed by atoms with E-state index < -0.39 is 0 Å². The summed E-state index contributed by atoms with van der Waals surface area (Å²) >= 11 is 0. The fourth-order valence-corrected chi connectivity index (χ4v) is 3.66. The number of carbonyl (C=O) groups excluding carboxylic acids is 1. The van der Waals surface area contributed by atoms with Gasteiger partial charge in [-0.2, -0.15) is 0 Å². The number of nitrogens with one attached hydrogen (secondary N) is 1. The summed E-state index contributed by atoms with van der Waals surface area (Å²) in [7, 11) is 4.14. The van der Waals surface area contributed by atoms with E-state index >= 15 is 0 Å². The number of hydrogen-bond donors (Lipinski definition) is 1. The van der Waals surface area contributed by atoms with Crippen molar-refractivity contribution in [3.8, 4) is 0 Å². The predicted octanol–water partition coefficient (Wildman–Crippen LogP) is 1.82. The number of nitrogens with zero attached hydrogens (tertiary/aromatic N) is 2. The Hall–Kier alpha value is -0.650. The fraction of sp³-hybridized carbons (Fsp3) is 0.944. The minimum Gasteiger partial charge on any atom is -0.373 e. The van der Waals surface area contributed by atoms with Gasteiger partial charge in [0, 0.05) is 25.7 Å². The Kier molecular flexibility index (Phi) is 7.98. The maximum atomic E-state index is 12.8. The van der Waals surface area contributed by atoms with E-state index in [0.29, 0.717) is 18.5 Å². The Morgan fingerprint density at radius 1 is 1.13 bits per heavy atom. The van der Waals surface area contributed by atoms with E-state index in [4.69, 9.17) is 4.74 Å². The molecular formula is C18H37N3O2. The van der Waals surface area contributed by atoms with Crippen molar-refractivity contribution < 1.29 is 9.53 Å². The van der Waals surface area contributed by atoms with Crippen molar-refractivity contribution in [1.29, 1.82) is 0 Å². The van der Waals surface area contributed by atoms with Crippen LogP contribution in [0.5, 0.6) is 0 Å². The van der Waals surface area contributed by atoms with Crippen LogP contribution in [0.1, 0.15) is 41.5 Å². The molecule has 0 aromatic rings. The predicted molar refractivity (Wildman–Crippen MR) is 95.5 cm³/mol. The van der Waals surface area contributed by atoms with Gasteiger partial charge < -0.3 is 15.0 Å². The van der Waals surface area contributed by atoms with Crippen molar-refractivity contribution >= 4 is 5.91 Å². The zero-order valence-corrected chi connectivity index (χ0v) is 16.3. The first-order valence-electron chi connectivity index (χ1n) is 8.97. The number of morpholine rings is 1. The second-order valence-electron chi connectivity index (χ2n) is 7.92. The van der Waals surface area contributed by atoms with Crippen LogP contribution < -0.4 is 5.32 Å². The normalized spacial score (nSPS) is 25.9. The molecule has 1 aliphatic heterocycles. The van der Waals surface area contributed by atoms with Gasteiger partial charge in [0.1, 0.15) is 0 Å². The largest absolute Gasteiger partial charge is 0.373 e. The lowest BCUT2D eigenvalue weighted by Gasteiger charge is -2.41. The summed E-state index contributed by atoms with van der Waals surface area (Å²) in [6.45, 7) is 15.1. The van der Waals surface area contributed by atoms with E-state index in [0.717, 1.165) is 13.1 Å². The third-order valence-corrected chi connectivity index (χ3v) is 4.66. The second-order valence-corrected chi connectivity index (χ2v) is 7.92. The van der Waals surface area contributed by atoms with Crippen LogP contribution in [0.2, 0.25) is 0 Å². The number of amides is 1. The molecule has 1 aliphatic rings. The highest BCUT2D eigenvalue weighted by atomic mass is 16.5. The summed E-state index contributed by atoms with van der Waals surface area (Å²) in [5.74, 6) is 0.935. The van der Waals surface area contributed by atoms with Gasteiger partial charge in [-0.25, -0.2) is 0 Å². The van der Waals surface area contributed by atoms with Crippen LogP contribution in [0, 0.1) is 11.8 Å². The first-order valence-corrected chi connectivity index (χ1v) is 8.97. The number of hydrogen-bond acceptors (Lipinski definition) is 4. The van der Waals surface area contributed by atoms with Crippen molar-refractivity contribution in [3.05, 3.63) is 0 Å². The van der Waals surface area contributed by atoms with Crippen LogP contribution in [-0.4, -0.2) is 73.7 Å². The fourth-order valence-electron chi connectivity index (χ4n) is 3.66. The molecule has 0 saturated carbocycles. The van der Waals surface area contributed by atoms with Crippen molar-refractivity contribution in [2.75, 3.05) is 33.7 Å². The monoisotopic (exact) mass is 327 g/mol. The van der Waals surface area contributed by atoms with E-state index in [9.17, 15) is 4.79 Å².